The highest BCUT2D eigenvalue weighted by Gasteiger charge is 2.28. The highest BCUT2D eigenvalue weighted by atomic mass is 32.2. The van der Waals surface area contributed by atoms with Crippen LogP contribution in [0.2, 0.25) is 0 Å². The van der Waals surface area contributed by atoms with Crippen LogP contribution in [0, 0.1) is 0 Å². The summed E-state index contributed by atoms with van der Waals surface area (Å²) in [6.07, 6.45) is 1.88. The minimum Gasteiger partial charge on any atom is -0.492 e. The molecule has 26 heavy (non-hydrogen) atoms. The van der Waals surface area contributed by atoms with E-state index in [-0.39, 0.29) is 22.9 Å². The highest BCUT2D eigenvalue weighted by Crippen LogP contribution is 2.31. The largest absolute Gasteiger partial charge is 0.492 e. The monoisotopic (exact) mass is 406 g/mol. The van der Waals surface area contributed by atoms with Crippen LogP contribution >= 0.6 is 0 Å². The fourth-order valence-corrected chi connectivity index (χ4v) is 5.58. The van der Waals surface area contributed by atoms with E-state index in [2.05, 4.69) is 4.72 Å². The van der Waals surface area contributed by atoms with Crippen molar-refractivity contribution in [2.75, 3.05) is 43.5 Å². The van der Waals surface area contributed by atoms with Gasteiger partial charge < -0.3 is 9.47 Å². The summed E-state index contributed by atoms with van der Waals surface area (Å²) in [4.78, 5) is -0.0601. The SMILES string of the molecule is CCOc1ccc(N2CCCCS2(=O)=O)cc1S(=O)(=O)NCCCOC. The lowest BCUT2D eigenvalue weighted by Gasteiger charge is -2.28. The zero-order valence-electron chi connectivity index (χ0n) is 15.1. The van der Waals surface area contributed by atoms with Gasteiger partial charge in [0.25, 0.3) is 0 Å². The molecular formula is C16H26N2O6S2. The van der Waals surface area contributed by atoms with Crippen molar-refractivity contribution >= 4 is 25.7 Å². The van der Waals surface area contributed by atoms with Gasteiger partial charge in [-0.25, -0.2) is 21.6 Å². The summed E-state index contributed by atoms with van der Waals surface area (Å²) in [5, 5.41) is 0. The average molecular weight is 407 g/mol. The van der Waals surface area contributed by atoms with Gasteiger partial charge in [-0.05, 0) is 44.4 Å². The molecule has 0 saturated carbocycles. The maximum atomic E-state index is 12.7. The molecule has 0 atom stereocenters. The number of nitrogens with one attached hydrogen (secondary N) is 1. The molecule has 0 radical (unpaired) electrons. The molecule has 1 aromatic rings. The van der Waals surface area contributed by atoms with E-state index in [0.717, 1.165) is 6.42 Å². The molecule has 0 amide bonds. The zero-order valence-corrected chi connectivity index (χ0v) is 16.7. The minimum absolute atomic E-state index is 0.0601. The van der Waals surface area contributed by atoms with Crippen molar-refractivity contribution in [2.24, 2.45) is 0 Å². The Morgan fingerprint density at radius 1 is 1.27 bits per heavy atom. The Morgan fingerprint density at radius 2 is 2.04 bits per heavy atom. The van der Waals surface area contributed by atoms with Crippen molar-refractivity contribution in [2.45, 2.75) is 31.1 Å². The molecule has 1 saturated heterocycles. The predicted molar refractivity (Wildman–Crippen MR) is 99.7 cm³/mol. The van der Waals surface area contributed by atoms with Crippen molar-refractivity contribution in [3.05, 3.63) is 18.2 Å². The molecule has 1 aromatic carbocycles. The van der Waals surface area contributed by atoms with Crippen molar-refractivity contribution in [1.29, 1.82) is 0 Å². The lowest BCUT2D eigenvalue weighted by molar-refractivity contribution is 0.196. The number of hydrogen-bond donors (Lipinski definition) is 1. The summed E-state index contributed by atoms with van der Waals surface area (Å²) in [6, 6.07) is 4.46. The quantitative estimate of drug-likeness (QED) is 0.621. The number of anilines is 1. The second-order valence-corrected chi connectivity index (χ2v) is 9.65. The molecule has 0 aromatic heterocycles. The molecular weight excluding hydrogens is 380 g/mol. The van der Waals surface area contributed by atoms with E-state index in [0.29, 0.717) is 38.3 Å². The van der Waals surface area contributed by atoms with E-state index in [1.807, 2.05) is 0 Å². The fraction of sp³-hybridized carbons (Fsp3) is 0.625. The first-order valence-corrected chi connectivity index (χ1v) is 11.7. The number of sulfonamides is 2. The van der Waals surface area contributed by atoms with Gasteiger partial charge in [0.15, 0.2) is 0 Å². The molecule has 1 fully saturated rings. The number of benzene rings is 1. The van der Waals surface area contributed by atoms with E-state index in [1.54, 1.807) is 20.1 Å². The molecule has 1 N–H and O–H groups in total. The van der Waals surface area contributed by atoms with E-state index in [4.69, 9.17) is 9.47 Å². The third kappa shape index (κ3) is 5.09. The Kier molecular flexibility index (Phi) is 7.27. The third-order valence-corrected chi connectivity index (χ3v) is 7.32. The molecule has 0 unspecified atom stereocenters. The molecule has 0 bridgehead atoms. The van der Waals surface area contributed by atoms with E-state index < -0.39 is 20.0 Å². The molecule has 1 aliphatic heterocycles. The van der Waals surface area contributed by atoms with Gasteiger partial charge >= 0.3 is 0 Å². The maximum absolute atomic E-state index is 12.7. The summed E-state index contributed by atoms with van der Waals surface area (Å²) < 4.78 is 64.1. The Balaban J connectivity index is 2.36. The van der Waals surface area contributed by atoms with Crippen LogP contribution in [0.4, 0.5) is 5.69 Å². The summed E-state index contributed by atoms with van der Waals surface area (Å²) in [5.74, 6) is 0.266. The van der Waals surface area contributed by atoms with Gasteiger partial charge in [-0.2, -0.15) is 0 Å². The van der Waals surface area contributed by atoms with Crippen LogP contribution in [0.25, 0.3) is 0 Å². The highest BCUT2D eigenvalue weighted by molar-refractivity contribution is 7.92. The smallest absolute Gasteiger partial charge is 0.244 e. The first kappa shape index (κ1) is 20.9. The summed E-state index contributed by atoms with van der Waals surface area (Å²) >= 11 is 0. The van der Waals surface area contributed by atoms with Crippen LogP contribution in [-0.4, -0.2) is 56.0 Å². The van der Waals surface area contributed by atoms with Crippen LogP contribution in [0.1, 0.15) is 26.2 Å². The summed E-state index contributed by atoms with van der Waals surface area (Å²) in [7, 11) is -5.73. The fourth-order valence-electron chi connectivity index (χ4n) is 2.72. The van der Waals surface area contributed by atoms with Crippen LogP contribution in [0.15, 0.2) is 23.1 Å². The summed E-state index contributed by atoms with van der Waals surface area (Å²) in [5.41, 5.74) is 0.338. The van der Waals surface area contributed by atoms with Gasteiger partial charge in [0.2, 0.25) is 20.0 Å². The van der Waals surface area contributed by atoms with Crippen LogP contribution < -0.4 is 13.8 Å². The van der Waals surface area contributed by atoms with Gasteiger partial charge in [-0.3, -0.25) is 4.31 Å². The average Bonchev–Trinajstić information content (AvgIpc) is 2.59. The van der Waals surface area contributed by atoms with Gasteiger partial charge in [-0.15, -0.1) is 0 Å². The Hall–Kier alpha value is -1.36. The predicted octanol–water partition coefficient (Wildman–Crippen LogP) is 1.33. The number of hydrogen-bond acceptors (Lipinski definition) is 6. The van der Waals surface area contributed by atoms with E-state index in [1.165, 1.54) is 16.4 Å². The van der Waals surface area contributed by atoms with E-state index >= 15 is 0 Å². The molecule has 2 rings (SSSR count). The minimum atomic E-state index is -3.84. The van der Waals surface area contributed by atoms with Crippen molar-refractivity contribution in [3.63, 3.8) is 0 Å². The number of rotatable bonds is 9. The molecule has 8 nitrogen and oxygen atoms in total. The lowest BCUT2D eigenvalue weighted by Crippen LogP contribution is -2.38. The number of nitrogens with zero attached hydrogens (tertiary/aromatic N) is 1. The first-order valence-electron chi connectivity index (χ1n) is 8.57. The molecule has 1 heterocycles. The second-order valence-electron chi connectivity index (χ2n) is 5.90. The topological polar surface area (TPSA) is 102 Å². The normalized spacial score (nSPS) is 17.2. The number of ether oxygens (including phenoxy) is 2. The van der Waals surface area contributed by atoms with Crippen molar-refractivity contribution < 1.29 is 26.3 Å². The van der Waals surface area contributed by atoms with Crippen LogP contribution in [0.3, 0.4) is 0 Å². The molecule has 0 spiro atoms. The van der Waals surface area contributed by atoms with Crippen molar-refractivity contribution in [3.8, 4) is 5.75 Å². The van der Waals surface area contributed by atoms with Gasteiger partial charge in [0, 0.05) is 26.8 Å². The van der Waals surface area contributed by atoms with E-state index in [9.17, 15) is 16.8 Å². The first-order chi connectivity index (χ1) is 12.3. The zero-order chi connectivity index (χ0) is 19.2. The lowest BCUT2D eigenvalue weighted by atomic mass is 10.2. The standard InChI is InChI=1S/C16H26N2O6S2/c1-3-24-15-8-7-14(18-10-4-5-12-25(18,19)20)13-16(15)26(21,22)17-9-6-11-23-2/h7-8,13,17H,3-6,9-12H2,1-2H3. The van der Waals surface area contributed by atoms with Crippen LogP contribution in [0.5, 0.6) is 5.75 Å². The van der Waals surface area contributed by atoms with Gasteiger partial charge in [0.1, 0.15) is 10.6 Å². The molecule has 148 valence electrons. The molecule has 0 aliphatic carbocycles. The number of methoxy groups -OCH3 is 1. The summed E-state index contributed by atoms with van der Waals surface area (Å²) in [6.45, 7) is 3.05. The third-order valence-electron chi connectivity index (χ3n) is 3.97. The van der Waals surface area contributed by atoms with Crippen molar-refractivity contribution in [1.82, 2.24) is 4.72 Å². The Bertz CT molecular complexity index is 808. The van der Waals surface area contributed by atoms with Gasteiger partial charge in [-0.1, -0.05) is 0 Å². The second kappa shape index (κ2) is 9.03. The molecule has 10 heteroatoms. The Morgan fingerprint density at radius 3 is 2.69 bits per heavy atom. The van der Waals surface area contributed by atoms with Crippen LogP contribution in [-0.2, 0) is 24.8 Å². The molecule has 1 aliphatic rings. The Labute approximate surface area is 155 Å². The maximum Gasteiger partial charge on any atom is 0.244 e. The van der Waals surface area contributed by atoms with Gasteiger partial charge in [0.05, 0.1) is 18.0 Å².